The predicted octanol–water partition coefficient (Wildman–Crippen LogP) is 19.2. The fraction of sp³-hybridized carbons (Fsp3) is 0.738. The van der Waals surface area contributed by atoms with Crippen LogP contribution in [0.1, 0.15) is 265 Å². The van der Waals surface area contributed by atoms with Crippen LogP contribution in [0.2, 0.25) is 0 Å². The van der Waals surface area contributed by atoms with Gasteiger partial charge in [0.25, 0.3) is 0 Å². The molecule has 0 spiro atoms. The summed E-state index contributed by atoms with van der Waals surface area (Å²) in [6, 6.07) is 0. The lowest BCUT2D eigenvalue weighted by atomic mass is 10.1. The Labute approximate surface area is 409 Å². The largest absolute Gasteiger partial charge is 0.462 e. The maximum atomic E-state index is 12.8. The van der Waals surface area contributed by atoms with Gasteiger partial charge in [-0.15, -0.1) is 0 Å². The van der Waals surface area contributed by atoms with E-state index in [1.54, 1.807) is 0 Å². The number of rotatable bonds is 51. The minimum absolute atomic E-state index is 0.0717. The van der Waals surface area contributed by atoms with Gasteiger partial charge in [-0.05, 0) is 109 Å². The van der Waals surface area contributed by atoms with Crippen LogP contribution in [0.4, 0.5) is 0 Å². The Hall–Kier alpha value is -2.92. The molecule has 1 unspecified atom stereocenters. The standard InChI is InChI=1S/C61H106O5/c1-4-7-10-13-16-19-22-25-27-29-31-32-34-37-39-42-45-48-51-54-60(62)65-58-59(66-61(63)55-52-49-46-43-40-36-24-21-18-15-12-9-6-3)57-64-56-53-50-47-44-41-38-35-33-30-28-26-23-20-17-14-11-8-5-2/h8,11-12,15-17,19-21,24-28,59H,4-7,9-10,13-14,18,22-23,29-58H2,1-3H3/b11-8-,15-12-,19-16-,20-17-,24-21-,27-25-,28-26-. The molecule has 66 heavy (non-hydrogen) atoms. The highest BCUT2D eigenvalue weighted by Gasteiger charge is 2.17. The molecule has 1 atom stereocenters. The molecule has 0 aliphatic heterocycles. The van der Waals surface area contributed by atoms with Crippen LogP contribution in [0.25, 0.3) is 0 Å². The average molecular weight is 920 g/mol. The van der Waals surface area contributed by atoms with Crippen molar-refractivity contribution in [1.29, 1.82) is 0 Å². The van der Waals surface area contributed by atoms with Gasteiger partial charge >= 0.3 is 11.9 Å². The molecule has 5 heteroatoms. The topological polar surface area (TPSA) is 61.8 Å². The van der Waals surface area contributed by atoms with Gasteiger partial charge in [-0.2, -0.15) is 0 Å². The Morgan fingerprint density at radius 3 is 1.15 bits per heavy atom. The zero-order valence-electron chi connectivity index (χ0n) is 43.7. The molecule has 0 N–H and O–H groups in total. The summed E-state index contributed by atoms with van der Waals surface area (Å²) in [6.07, 6.45) is 74.5. The van der Waals surface area contributed by atoms with E-state index in [0.29, 0.717) is 19.4 Å². The molecule has 0 amide bonds. The van der Waals surface area contributed by atoms with E-state index in [0.717, 1.165) is 89.9 Å². The SMILES string of the molecule is CC/C=C\C/C=C\C/C=C\CCCCCCCCCCOCC(COC(=O)CCCCCCCCCCC/C=C\C/C=C\CCCCC)OC(=O)CCCCCCC/C=C\C/C=C\CCC. The van der Waals surface area contributed by atoms with Crippen molar-refractivity contribution >= 4 is 11.9 Å². The van der Waals surface area contributed by atoms with Gasteiger partial charge in [0.1, 0.15) is 6.61 Å². The highest BCUT2D eigenvalue weighted by atomic mass is 16.6. The lowest BCUT2D eigenvalue weighted by Crippen LogP contribution is -2.30. The average Bonchev–Trinajstić information content (AvgIpc) is 3.32. The van der Waals surface area contributed by atoms with E-state index in [9.17, 15) is 9.59 Å². The summed E-state index contributed by atoms with van der Waals surface area (Å²) < 4.78 is 17.4. The second-order valence-electron chi connectivity index (χ2n) is 18.4. The summed E-state index contributed by atoms with van der Waals surface area (Å²) in [5.74, 6) is -0.419. The molecule has 0 saturated heterocycles. The molecular formula is C61H106O5. The molecule has 5 nitrogen and oxygen atoms in total. The summed E-state index contributed by atoms with van der Waals surface area (Å²) >= 11 is 0. The third-order valence-corrected chi connectivity index (χ3v) is 11.9. The minimum Gasteiger partial charge on any atom is -0.462 e. The number of hydrogen-bond donors (Lipinski definition) is 0. The fourth-order valence-corrected chi connectivity index (χ4v) is 7.71. The Bertz CT molecular complexity index is 1220. The highest BCUT2D eigenvalue weighted by molar-refractivity contribution is 5.70. The zero-order chi connectivity index (χ0) is 47.7. The maximum Gasteiger partial charge on any atom is 0.306 e. The second kappa shape index (κ2) is 56.4. The van der Waals surface area contributed by atoms with Gasteiger partial charge in [-0.25, -0.2) is 0 Å². The number of hydrogen-bond acceptors (Lipinski definition) is 5. The van der Waals surface area contributed by atoms with Gasteiger partial charge in [0, 0.05) is 19.4 Å². The highest BCUT2D eigenvalue weighted by Crippen LogP contribution is 2.15. The number of carbonyl (C=O) groups is 2. The van der Waals surface area contributed by atoms with Crippen molar-refractivity contribution in [3.05, 3.63) is 85.1 Å². The molecule has 0 saturated carbocycles. The van der Waals surface area contributed by atoms with Crippen LogP contribution in [0.5, 0.6) is 0 Å². The number of carbonyl (C=O) groups excluding carboxylic acids is 2. The zero-order valence-corrected chi connectivity index (χ0v) is 43.7. The van der Waals surface area contributed by atoms with E-state index in [1.807, 2.05) is 0 Å². The molecule has 0 aromatic rings. The van der Waals surface area contributed by atoms with Crippen molar-refractivity contribution in [3.8, 4) is 0 Å². The summed E-state index contributed by atoms with van der Waals surface area (Å²) in [5.41, 5.74) is 0. The molecule has 380 valence electrons. The summed E-state index contributed by atoms with van der Waals surface area (Å²) in [4.78, 5) is 25.5. The molecule has 0 aliphatic rings. The molecule has 0 radical (unpaired) electrons. The van der Waals surface area contributed by atoms with Crippen molar-refractivity contribution < 1.29 is 23.8 Å². The van der Waals surface area contributed by atoms with Crippen LogP contribution in [0, 0.1) is 0 Å². The van der Waals surface area contributed by atoms with E-state index >= 15 is 0 Å². The fourth-order valence-electron chi connectivity index (χ4n) is 7.71. The summed E-state index contributed by atoms with van der Waals surface area (Å²) in [5, 5.41) is 0. The van der Waals surface area contributed by atoms with E-state index < -0.39 is 6.10 Å². The van der Waals surface area contributed by atoms with Crippen LogP contribution >= 0.6 is 0 Å². The third-order valence-electron chi connectivity index (χ3n) is 11.9. The normalized spacial score (nSPS) is 12.8. The molecule has 0 heterocycles. The first-order chi connectivity index (χ1) is 32.6. The second-order valence-corrected chi connectivity index (χ2v) is 18.4. The predicted molar refractivity (Wildman–Crippen MR) is 288 cm³/mol. The summed E-state index contributed by atoms with van der Waals surface area (Å²) in [6.45, 7) is 7.61. The Balaban J connectivity index is 4.27. The first-order valence-corrected chi connectivity index (χ1v) is 28.1. The van der Waals surface area contributed by atoms with Gasteiger partial charge in [0.15, 0.2) is 6.10 Å². The molecule has 0 fully saturated rings. The van der Waals surface area contributed by atoms with Crippen molar-refractivity contribution in [2.24, 2.45) is 0 Å². The molecular weight excluding hydrogens is 813 g/mol. The Morgan fingerprint density at radius 2 is 0.712 bits per heavy atom. The lowest BCUT2D eigenvalue weighted by molar-refractivity contribution is -0.163. The number of ether oxygens (including phenoxy) is 3. The Kier molecular flexibility index (Phi) is 53.9. The van der Waals surface area contributed by atoms with Crippen molar-refractivity contribution in [2.45, 2.75) is 271 Å². The molecule has 0 aromatic carbocycles. The maximum absolute atomic E-state index is 12.8. The van der Waals surface area contributed by atoms with E-state index in [2.05, 4.69) is 106 Å². The van der Waals surface area contributed by atoms with Gasteiger partial charge < -0.3 is 14.2 Å². The van der Waals surface area contributed by atoms with E-state index in [1.165, 1.54) is 141 Å². The molecule has 0 aromatic heterocycles. The number of esters is 2. The smallest absolute Gasteiger partial charge is 0.306 e. The molecule has 0 rings (SSSR count). The number of unbranched alkanes of at least 4 members (excludes halogenated alkanes) is 26. The van der Waals surface area contributed by atoms with Crippen LogP contribution in [-0.4, -0.2) is 37.9 Å². The van der Waals surface area contributed by atoms with E-state index in [-0.39, 0.29) is 25.2 Å². The minimum atomic E-state index is -0.553. The van der Waals surface area contributed by atoms with Crippen molar-refractivity contribution in [2.75, 3.05) is 19.8 Å². The third kappa shape index (κ3) is 53.7. The van der Waals surface area contributed by atoms with Crippen LogP contribution in [-0.2, 0) is 23.8 Å². The van der Waals surface area contributed by atoms with Crippen molar-refractivity contribution in [3.63, 3.8) is 0 Å². The van der Waals surface area contributed by atoms with E-state index in [4.69, 9.17) is 14.2 Å². The van der Waals surface area contributed by atoms with Gasteiger partial charge in [0.05, 0.1) is 6.61 Å². The quantitative estimate of drug-likeness (QED) is 0.0346. The summed E-state index contributed by atoms with van der Waals surface area (Å²) in [7, 11) is 0. The molecule has 0 aliphatic carbocycles. The van der Waals surface area contributed by atoms with Gasteiger partial charge in [0.2, 0.25) is 0 Å². The Morgan fingerprint density at radius 1 is 0.348 bits per heavy atom. The van der Waals surface area contributed by atoms with Gasteiger partial charge in [-0.3, -0.25) is 9.59 Å². The van der Waals surface area contributed by atoms with Crippen LogP contribution in [0.15, 0.2) is 85.1 Å². The van der Waals surface area contributed by atoms with Crippen molar-refractivity contribution in [1.82, 2.24) is 0 Å². The first kappa shape index (κ1) is 63.1. The van der Waals surface area contributed by atoms with Gasteiger partial charge in [-0.1, -0.05) is 228 Å². The lowest BCUT2D eigenvalue weighted by Gasteiger charge is -2.18. The van der Waals surface area contributed by atoms with Crippen LogP contribution in [0.3, 0.4) is 0 Å². The number of allylic oxidation sites excluding steroid dienone is 14. The molecule has 0 bridgehead atoms. The van der Waals surface area contributed by atoms with Crippen LogP contribution < -0.4 is 0 Å². The first-order valence-electron chi connectivity index (χ1n) is 28.1. The monoisotopic (exact) mass is 919 g/mol.